The van der Waals surface area contributed by atoms with E-state index in [1.54, 1.807) is 0 Å². The van der Waals surface area contributed by atoms with Crippen molar-refractivity contribution in [2.24, 2.45) is 0 Å². The second-order valence-electron chi connectivity index (χ2n) is 3.79. The second-order valence-corrected chi connectivity index (χ2v) is 3.79. The van der Waals surface area contributed by atoms with Gasteiger partial charge in [0.25, 0.3) is 0 Å². The first kappa shape index (κ1) is 14.8. The van der Waals surface area contributed by atoms with Crippen molar-refractivity contribution in [3.05, 3.63) is 48.6 Å². The quantitative estimate of drug-likeness (QED) is 0.581. The monoisotopic (exact) mass is 263 g/mol. The topological polar surface area (TPSA) is 55.8 Å². The minimum Gasteiger partial charge on any atom is -0.468 e. The summed E-state index contributed by atoms with van der Waals surface area (Å²) >= 11 is 0. The summed E-state index contributed by atoms with van der Waals surface area (Å²) < 4.78 is 9.64. The van der Waals surface area contributed by atoms with Crippen molar-refractivity contribution in [3.8, 4) is 0 Å². The molecule has 0 N–H and O–H groups in total. The molecule has 0 spiro atoms. The van der Waals surface area contributed by atoms with E-state index >= 15 is 0 Å². The zero-order chi connectivity index (χ0) is 14.1. The van der Waals surface area contributed by atoms with Crippen molar-refractivity contribution in [2.75, 3.05) is 20.2 Å². The van der Waals surface area contributed by atoms with Crippen LogP contribution in [0, 0.1) is 0 Å². The normalized spacial score (nSPS) is 9.53. The third-order valence-corrected chi connectivity index (χ3v) is 2.36. The van der Waals surface area contributed by atoms with Gasteiger partial charge in [0, 0.05) is 6.54 Å². The molecule has 0 aliphatic heterocycles. The molecule has 0 heterocycles. The fourth-order valence-corrected chi connectivity index (χ4v) is 1.39. The minimum atomic E-state index is -0.575. The summed E-state index contributed by atoms with van der Waals surface area (Å²) in [5.41, 5.74) is 0.882. The minimum absolute atomic E-state index is 0.157. The van der Waals surface area contributed by atoms with Gasteiger partial charge >= 0.3 is 12.1 Å². The molecular weight excluding hydrogens is 246 g/mol. The van der Waals surface area contributed by atoms with Gasteiger partial charge in [-0.3, -0.25) is 9.69 Å². The Morgan fingerprint density at radius 1 is 1.32 bits per heavy atom. The Morgan fingerprint density at radius 3 is 2.58 bits per heavy atom. The van der Waals surface area contributed by atoms with E-state index in [-0.39, 0.29) is 19.7 Å². The smallest absolute Gasteiger partial charge is 0.410 e. The highest BCUT2D eigenvalue weighted by atomic mass is 16.6. The molecule has 0 bridgehead atoms. The SMILES string of the molecule is C=CCN(CC(=O)OC)C(=O)OCc1ccccc1. The van der Waals surface area contributed by atoms with Crippen LogP contribution in [-0.2, 0) is 20.9 Å². The fraction of sp³-hybridized carbons (Fsp3) is 0.286. The van der Waals surface area contributed by atoms with Crippen LogP contribution in [0.4, 0.5) is 4.79 Å². The number of methoxy groups -OCH3 is 1. The van der Waals surface area contributed by atoms with Gasteiger partial charge in [0.1, 0.15) is 13.2 Å². The molecular formula is C14H17NO4. The number of nitrogens with zero attached hydrogens (tertiary/aromatic N) is 1. The van der Waals surface area contributed by atoms with Crippen LogP contribution in [0.3, 0.4) is 0 Å². The lowest BCUT2D eigenvalue weighted by atomic mass is 10.2. The molecule has 0 saturated heterocycles. The van der Waals surface area contributed by atoms with Gasteiger partial charge in [-0.15, -0.1) is 6.58 Å². The molecule has 102 valence electrons. The lowest BCUT2D eigenvalue weighted by Gasteiger charge is -2.19. The van der Waals surface area contributed by atoms with Gasteiger partial charge in [-0.1, -0.05) is 36.4 Å². The number of hydrogen-bond acceptors (Lipinski definition) is 4. The summed E-state index contributed by atoms with van der Waals surface area (Å²) in [6.07, 6.45) is 0.946. The van der Waals surface area contributed by atoms with Crippen LogP contribution in [0.25, 0.3) is 0 Å². The number of carbonyl (C=O) groups excluding carboxylic acids is 2. The van der Waals surface area contributed by atoms with Crippen LogP contribution in [0.2, 0.25) is 0 Å². The molecule has 0 saturated carbocycles. The Labute approximate surface area is 112 Å². The maximum Gasteiger partial charge on any atom is 0.410 e. The van der Waals surface area contributed by atoms with E-state index in [1.165, 1.54) is 18.1 Å². The van der Waals surface area contributed by atoms with Gasteiger partial charge in [-0.25, -0.2) is 4.79 Å². The molecule has 0 radical (unpaired) electrons. The molecule has 0 aliphatic carbocycles. The molecule has 5 nitrogen and oxygen atoms in total. The van der Waals surface area contributed by atoms with Crippen LogP contribution >= 0.6 is 0 Å². The summed E-state index contributed by atoms with van der Waals surface area (Å²) in [7, 11) is 1.27. The molecule has 0 aliphatic rings. The second kappa shape index (κ2) is 7.92. The first-order chi connectivity index (χ1) is 9.17. The molecule has 0 atom stereocenters. The van der Waals surface area contributed by atoms with E-state index in [0.29, 0.717) is 0 Å². The molecule has 1 amide bonds. The Morgan fingerprint density at radius 2 is 2.00 bits per heavy atom. The van der Waals surface area contributed by atoms with Crippen molar-refractivity contribution in [3.63, 3.8) is 0 Å². The number of rotatable bonds is 6. The van der Waals surface area contributed by atoms with E-state index in [2.05, 4.69) is 11.3 Å². The molecule has 0 aromatic heterocycles. The predicted octanol–water partition coefficient (Wildman–Crippen LogP) is 1.98. The van der Waals surface area contributed by atoms with E-state index in [1.807, 2.05) is 30.3 Å². The van der Waals surface area contributed by atoms with Crippen molar-refractivity contribution in [2.45, 2.75) is 6.61 Å². The third kappa shape index (κ3) is 5.25. The van der Waals surface area contributed by atoms with Gasteiger partial charge < -0.3 is 9.47 Å². The first-order valence-corrected chi connectivity index (χ1v) is 5.80. The molecule has 5 heteroatoms. The first-order valence-electron chi connectivity index (χ1n) is 5.80. The summed E-state index contributed by atoms with van der Waals surface area (Å²) in [5, 5.41) is 0. The Balaban J connectivity index is 2.52. The molecule has 0 unspecified atom stereocenters. The Hall–Kier alpha value is -2.30. The van der Waals surface area contributed by atoms with Gasteiger partial charge in [0.05, 0.1) is 7.11 Å². The lowest BCUT2D eigenvalue weighted by molar-refractivity contribution is -0.141. The maximum atomic E-state index is 11.8. The van der Waals surface area contributed by atoms with Gasteiger partial charge in [-0.05, 0) is 5.56 Å². The molecule has 1 aromatic rings. The number of ether oxygens (including phenoxy) is 2. The standard InChI is InChI=1S/C14H17NO4/c1-3-9-15(10-13(16)18-2)14(17)19-11-12-7-5-4-6-8-12/h3-8H,1,9-11H2,2H3. The predicted molar refractivity (Wildman–Crippen MR) is 70.4 cm³/mol. The Bertz CT molecular complexity index is 430. The van der Waals surface area contributed by atoms with E-state index < -0.39 is 12.1 Å². The molecule has 0 fully saturated rings. The average Bonchev–Trinajstić information content (AvgIpc) is 2.45. The summed E-state index contributed by atoms with van der Waals surface area (Å²) in [5.74, 6) is -0.501. The third-order valence-electron chi connectivity index (χ3n) is 2.36. The largest absolute Gasteiger partial charge is 0.468 e. The maximum absolute atomic E-state index is 11.8. The van der Waals surface area contributed by atoms with Crippen molar-refractivity contribution < 1.29 is 19.1 Å². The molecule has 1 aromatic carbocycles. The van der Waals surface area contributed by atoms with Crippen LogP contribution in [0.1, 0.15) is 5.56 Å². The summed E-state index contributed by atoms with van der Waals surface area (Å²) in [6.45, 7) is 3.76. The number of carbonyl (C=O) groups is 2. The van der Waals surface area contributed by atoms with Crippen molar-refractivity contribution in [1.29, 1.82) is 0 Å². The van der Waals surface area contributed by atoms with Gasteiger partial charge in [0.2, 0.25) is 0 Å². The van der Waals surface area contributed by atoms with Crippen LogP contribution in [0.15, 0.2) is 43.0 Å². The van der Waals surface area contributed by atoms with Crippen molar-refractivity contribution >= 4 is 12.1 Å². The van der Waals surface area contributed by atoms with Crippen LogP contribution in [0.5, 0.6) is 0 Å². The van der Waals surface area contributed by atoms with Crippen LogP contribution < -0.4 is 0 Å². The number of hydrogen-bond donors (Lipinski definition) is 0. The van der Waals surface area contributed by atoms with Gasteiger partial charge in [0.15, 0.2) is 0 Å². The van der Waals surface area contributed by atoms with Crippen LogP contribution in [-0.4, -0.2) is 37.2 Å². The highest BCUT2D eigenvalue weighted by molar-refractivity contribution is 5.78. The number of esters is 1. The highest BCUT2D eigenvalue weighted by Crippen LogP contribution is 2.03. The zero-order valence-corrected chi connectivity index (χ0v) is 10.9. The highest BCUT2D eigenvalue weighted by Gasteiger charge is 2.17. The summed E-state index contributed by atoms with van der Waals surface area (Å²) in [4.78, 5) is 24.2. The van der Waals surface area contributed by atoms with E-state index in [0.717, 1.165) is 5.56 Å². The Kier molecular flexibility index (Phi) is 6.15. The number of amides is 1. The van der Waals surface area contributed by atoms with Gasteiger partial charge in [-0.2, -0.15) is 0 Å². The average molecular weight is 263 g/mol. The van der Waals surface area contributed by atoms with E-state index in [4.69, 9.17) is 4.74 Å². The zero-order valence-electron chi connectivity index (χ0n) is 10.9. The number of benzene rings is 1. The molecule has 19 heavy (non-hydrogen) atoms. The lowest BCUT2D eigenvalue weighted by Crippen LogP contribution is -2.36. The van der Waals surface area contributed by atoms with Crippen molar-refractivity contribution in [1.82, 2.24) is 4.90 Å². The fourth-order valence-electron chi connectivity index (χ4n) is 1.39. The molecule has 1 rings (SSSR count). The van der Waals surface area contributed by atoms with E-state index in [9.17, 15) is 9.59 Å². The summed E-state index contributed by atoms with van der Waals surface area (Å²) in [6, 6.07) is 9.31.